The first kappa shape index (κ1) is 12.9. The summed E-state index contributed by atoms with van der Waals surface area (Å²) in [7, 11) is 0. The van der Waals surface area contributed by atoms with Gasteiger partial charge < -0.3 is 5.73 Å². The van der Waals surface area contributed by atoms with Gasteiger partial charge in [0.15, 0.2) is 0 Å². The lowest BCUT2D eigenvalue weighted by atomic mass is 10.2. The smallest absolute Gasteiger partial charge is 0.117 e. The molecule has 20 heavy (non-hydrogen) atoms. The summed E-state index contributed by atoms with van der Waals surface area (Å²) in [6.07, 6.45) is 5.35. The molecule has 3 rings (SSSR count). The van der Waals surface area contributed by atoms with Gasteiger partial charge in [-0.25, -0.2) is 0 Å². The number of pyridine rings is 1. The van der Waals surface area contributed by atoms with Gasteiger partial charge in [-0.3, -0.25) is 9.67 Å². The Morgan fingerprint density at radius 2 is 2.00 bits per heavy atom. The van der Waals surface area contributed by atoms with E-state index in [-0.39, 0.29) is 0 Å². The fourth-order valence-electron chi connectivity index (χ4n) is 2.05. The SMILES string of the molecule is Nc1cn(Cc2ccccc2Br)nc1-c1cccnc1. The van der Waals surface area contributed by atoms with Crippen LogP contribution in [-0.2, 0) is 6.54 Å². The van der Waals surface area contributed by atoms with Crippen LogP contribution in [0.1, 0.15) is 5.56 Å². The fraction of sp³-hybridized carbons (Fsp3) is 0.0667. The standard InChI is InChI=1S/C15H13BrN4/c16-13-6-2-1-4-12(13)9-20-10-14(17)15(19-20)11-5-3-7-18-8-11/h1-8,10H,9,17H2. The number of benzene rings is 1. The summed E-state index contributed by atoms with van der Waals surface area (Å²) >= 11 is 3.54. The van der Waals surface area contributed by atoms with E-state index in [1.54, 1.807) is 12.4 Å². The van der Waals surface area contributed by atoms with Gasteiger partial charge in [0.25, 0.3) is 0 Å². The molecule has 2 aromatic heterocycles. The van der Waals surface area contributed by atoms with Crippen molar-refractivity contribution >= 4 is 21.6 Å². The van der Waals surface area contributed by atoms with Crippen LogP contribution in [0.5, 0.6) is 0 Å². The molecular weight excluding hydrogens is 316 g/mol. The van der Waals surface area contributed by atoms with E-state index in [1.165, 1.54) is 0 Å². The molecule has 0 spiro atoms. The molecule has 1 aromatic carbocycles. The van der Waals surface area contributed by atoms with E-state index in [4.69, 9.17) is 5.73 Å². The number of hydrogen-bond donors (Lipinski definition) is 1. The van der Waals surface area contributed by atoms with Crippen LogP contribution in [0, 0.1) is 0 Å². The maximum Gasteiger partial charge on any atom is 0.117 e. The molecule has 0 aliphatic heterocycles. The van der Waals surface area contributed by atoms with Crippen molar-refractivity contribution in [3.05, 3.63) is 65.0 Å². The Labute approximate surface area is 125 Å². The van der Waals surface area contributed by atoms with E-state index in [0.29, 0.717) is 12.2 Å². The molecule has 0 amide bonds. The van der Waals surface area contributed by atoms with E-state index in [0.717, 1.165) is 21.3 Å². The van der Waals surface area contributed by atoms with Crippen molar-refractivity contribution in [2.45, 2.75) is 6.54 Å². The normalized spacial score (nSPS) is 10.7. The first-order valence-corrected chi connectivity index (χ1v) is 7.00. The van der Waals surface area contributed by atoms with Crippen LogP contribution in [0.25, 0.3) is 11.3 Å². The average Bonchev–Trinajstić information content (AvgIpc) is 2.83. The largest absolute Gasteiger partial charge is 0.396 e. The number of hydrogen-bond acceptors (Lipinski definition) is 3. The quantitative estimate of drug-likeness (QED) is 0.802. The average molecular weight is 329 g/mol. The van der Waals surface area contributed by atoms with E-state index >= 15 is 0 Å². The molecule has 2 N–H and O–H groups in total. The third kappa shape index (κ3) is 2.58. The molecule has 0 saturated heterocycles. The second kappa shape index (κ2) is 5.46. The van der Waals surface area contributed by atoms with Crippen molar-refractivity contribution in [2.24, 2.45) is 0 Å². The molecule has 5 heteroatoms. The number of rotatable bonds is 3. The number of halogens is 1. The number of nitrogens with zero attached hydrogens (tertiary/aromatic N) is 3. The maximum absolute atomic E-state index is 6.04. The van der Waals surface area contributed by atoms with Crippen LogP contribution in [0.2, 0.25) is 0 Å². The van der Waals surface area contributed by atoms with Crippen molar-refractivity contribution in [2.75, 3.05) is 5.73 Å². The third-order valence-electron chi connectivity index (χ3n) is 3.02. The third-order valence-corrected chi connectivity index (χ3v) is 3.79. The molecule has 0 atom stereocenters. The summed E-state index contributed by atoms with van der Waals surface area (Å²) in [6, 6.07) is 11.9. The van der Waals surface area contributed by atoms with Crippen molar-refractivity contribution in [1.82, 2.24) is 14.8 Å². The summed E-state index contributed by atoms with van der Waals surface area (Å²) in [5.41, 5.74) is 9.56. The summed E-state index contributed by atoms with van der Waals surface area (Å²) in [4.78, 5) is 4.10. The molecule has 0 bridgehead atoms. The number of anilines is 1. The van der Waals surface area contributed by atoms with E-state index in [1.807, 2.05) is 41.2 Å². The monoisotopic (exact) mass is 328 g/mol. The number of aromatic nitrogens is 3. The Kier molecular flexibility index (Phi) is 3.52. The maximum atomic E-state index is 6.04. The predicted molar refractivity (Wildman–Crippen MR) is 83.1 cm³/mol. The van der Waals surface area contributed by atoms with Gasteiger partial charge in [0.05, 0.1) is 12.2 Å². The Bertz CT molecular complexity index is 722. The highest BCUT2D eigenvalue weighted by Crippen LogP contribution is 2.24. The van der Waals surface area contributed by atoms with Crippen molar-refractivity contribution < 1.29 is 0 Å². The Morgan fingerprint density at radius 1 is 1.15 bits per heavy atom. The van der Waals surface area contributed by atoms with Crippen LogP contribution in [0.15, 0.2) is 59.5 Å². The molecule has 0 aliphatic carbocycles. The molecule has 3 aromatic rings. The van der Waals surface area contributed by atoms with Crippen molar-refractivity contribution in [1.29, 1.82) is 0 Å². The molecule has 0 saturated carbocycles. The van der Waals surface area contributed by atoms with Gasteiger partial charge in [-0.2, -0.15) is 5.10 Å². The molecule has 0 radical (unpaired) electrons. The summed E-state index contributed by atoms with van der Waals surface area (Å²) < 4.78 is 2.91. The van der Waals surface area contributed by atoms with Crippen molar-refractivity contribution in [3.8, 4) is 11.3 Å². The zero-order chi connectivity index (χ0) is 13.9. The van der Waals surface area contributed by atoms with Gasteiger partial charge in [0, 0.05) is 28.6 Å². The lowest BCUT2D eigenvalue weighted by Crippen LogP contribution is -2.01. The number of nitrogen functional groups attached to an aromatic ring is 1. The predicted octanol–water partition coefficient (Wildman–Crippen LogP) is 3.34. The zero-order valence-corrected chi connectivity index (χ0v) is 12.3. The highest BCUT2D eigenvalue weighted by molar-refractivity contribution is 9.10. The first-order valence-electron chi connectivity index (χ1n) is 6.21. The minimum atomic E-state index is 0.657. The Hall–Kier alpha value is -2.14. The summed E-state index contributed by atoms with van der Waals surface area (Å²) in [5.74, 6) is 0. The summed E-state index contributed by atoms with van der Waals surface area (Å²) in [6.45, 7) is 0.673. The molecule has 0 aliphatic rings. The molecule has 2 heterocycles. The van der Waals surface area contributed by atoms with Gasteiger partial charge in [-0.15, -0.1) is 0 Å². The summed E-state index contributed by atoms with van der Waals surface area (Å²) in [5, 5.41) is 4.55. The minimum Gasteiger partial charge on any atom is -0.396 e. The first-order chi connectivity index (χ1) is 9.74. The fourth-order valence-corrected chi connectivity index (χ4v) is 2.46. The molecule has 4 nitrogen and oxygen atoms in total. The minimum absolute atomic E-state index is 0.657. The second-order valence-corrected chi connectivity index (χ2v) is 5.32. The van der Waals surface area contributed by atoms with Gasteiger partial charge in [0.2, 0.25) is 0 Å². The Balaban J connectivity index is 1.92. The molecule has 100 valence electrons. The van der Waals surface area contributed by atoms with Crippen LogP contribution in [-0.4, -0.2) is 14.8 Å². The van der Waals surface area contributed by atoms with E-state index < -0.39 is 0 Å². The topological polar surface area (TPSA) is 56.7 Å². The van der Waals surface area contributed by atoms with E-state index in [9.17, 15) is 0 Å². The molecule has 0 unspecified atom stereocenters. The van der Waals surface area contributed by atoms with Crippen LogP contribution in [0.3, 0.4) is 0 Å². The van der Waals surface area contributed by atoms with Crippen molar-refractivity contribution in [3.63, 3.8) is 0 Å². The second-order valence-electron chi connectivity index (χ2n) is 4.46. The Morgan fingerprint density at radius 3 is 2.75 bits per heavy atom. The van der Waals surface area contributed by atoms with E-state index in [2.05, 4.69) is 32.1 Å². The molecule has 0 fully saturated rings. The van der Waals surface area contributed by atoms with Crippen LogP contribution < -0.4 is 5.73 Å². The van der Waals surface area contributed by atoms with Crippen LogP contribution in [0.4, 0.5) is 5.69 Å². The zero-order valence-electron chi connectivity index (χ0n) is 10.7. The van der Waals surface area contributed by atoms with Gasteiger partial charge in [-0.1, -0.05) is 34.1 Å². The lowest BCUT2D eigenvalue weighted by molar-refractivity contribution is 0.687. The molecular formula is C15H13BrN4. The number of nitrogens with two attached hydrogens (primary N) is 1. The highest BCUT2D eigenvalue weighted by Gasteiger charge is 2.09. The van der Waals surface area contributed by atoms with Gasteiger partial charge in [-0.05, 0) is 23.8 Å². The van der Waals surface area contributed by atoms with Gasteiger partial charge >= 0.3 is 0 Å². The highest BCUT2D eigenvalue weighted by atomic mass is 79.9. The van der Waals surface area contributed by atoms with Crippen LogP contribution >= 0.6 is 15.9 Å². The van der Waals surface area contributed by atoms with Gasteiger partial charge in [0.1, 0.15) is 5.69 Å². The lowest BCUT2D eigenvalue weighted by Gasteiger charge is -2.04.